The van der Waals surface area contributed by atoms with Gasteiger partial charge in [-0.2, -0.15) is 0 Å². The topological polar surface area (TPSA) is 42.2 Å². The Morgan fingerprint density at radius 1 is 1.67 bits per heavy atom. The summed E-state index contributed by atoms with van der Waals surface area (Å²) in [6.07, 6.45) is 5.19. The molecule has 0 radical (unpaired) electrons. The zero-order valence-electron chi connectivity index (χ0n) is 8.66. The molecule has 4 heteroatoms. The zero-order chi connectivity index (χ0) is 11.1. The van der Waals surface area contributed by atoms with E-state index < -0.39 is 5.97 Å². The van der Waals surface area contributed by atoms with E-state index in [-0.39, 0.29) is 0 Å². The Labute approximate surface area is 93.7 Å². The van der Waals surface area contributed by atoms with E-state index in [0.717, 1.165) is 13.0 Å². The van der Waals surface area contributed by atoms with Gasteiger partial charge in [-0.15, -0.1) is 0 Å². The quantitative estimate of drug-likeness (QED) is 0.859. The fourth-order valence-electron chi connectivity index (χ4n) is 1.95. The van der Waals surface area contributed by atoms with Gasteiger partial charge in [0.05, 0.1) is 5.02 Å². The van der Waals surface area contributed by atoms with E-state index in [4.69, 9.17) is 16.7 Å². The molecule has 1 N–H and O–H groups in total. The fraction of sp³-hybridized carbons (Fsp3) is 0.545. The van der Waals surface area contributed by atoms with Gasteiger partial charge in [-0.1, -0.05) is 18.5 Å². The smallest absolute Gasteiger partial charge is 0.352 e. The molecule has 0 aliphatic heterocycles. The average molecular weight is 228 g/mol. The van der Waals surface area contributed by atoms with E-state index in [1.807, 2.05) is 0 Å². The third kappa shape index (κ3) is 2.02. The summed E-state index contributed by atoms with van der Waals surface area (Å²) in [5.41, 5.74) is 0.617. The number of rotatable bonds is 4. The maximum absolute atomic E-state index is 11.0. The summed E-state index contributed by atoms with van der Waals surface area (Å²) in [4.78, 5) is 11.0. The molecule has 0 bridgehead atoms. The molecule has 1 aliphatic rings. The summed E-state index contributed by atoms with van der Waals surface area (Å²) < 4.78 is 1.77. The van der Waals surface area contributed by atoms with Crippen LogP contribution in [0.3, 0.4) is 0 Å². The lowest BCUT2D eigenvalue weighted by Gasteiger charge is -2.14. The average Bonchev–Trinajstić information content (AvgIpc) is 2.84. The van der Waals surface area contributed by atoms with Crippen molar-refractivity contribution in [3.05, 3.63) is 23.0 Å². The fourth-order valence-corrected chi connectivity index (χ4v) is 2.17. The van der Waals surface area contributed by atoms with Crippen molar-refractivity contribution >= 4 is 17.6 Å². The Bertz CT molecular complexity index is 393. The number of hydrogen-bond donors (Lipinski definition) is 1. The van der Waals surface area contributed by atoms with Gasteiger partial charge >= 0.3 is 5.97 Å². The van der Waals surface area contributed by atoms with Crippen LogP contribution in [0, 0.1) is 5.41 Å². The molecule has 15 heavy (non-hydrogen) atoms. The van der Waals surface area contributed by atoms with Crippen molar-refractivity contribution in [1.82, 2.24) is 4.57 Å². The lowest BCUT2D eigenvalue weighted by atomic mass is 10.0. The van der Waals surface area contributed by atoms with Crippen LogP contribution in [0.1, 0.15) is 36.7 Å². The molecule has 1 aromatic rings. The summed E-state index contributed by atoms with van der Waals surface area (Å²) in [5.74, 6) is -0.909. The summed E-state index contributed by atoms with van der Waals surface area (Å²) in [5, 5.41) is 9.49. The normalized spacial score (nSPS) is 17.7. The second kappa shape index (κ2) is 3.56. The number of aromatic carboxylic acids is 1. The van der Waals surface area contributed by atoms with Crippen molar-refractivity contribution in [2.75, 3.05) is 0 Å². The summed E-state index contributed by atoms with van der Waals surface area (Å²) in [7, 11) is 0. The molecule has 0 aromatic carbocycles. The molecule has 0 atom stereocenters. The first-order valence-corrected chi connectivity index (χ1v) is 5.53. The lowest BCUT2D eigenvalue weighted by molar-refractivity contribution is 0.0683. The number of hydrogen-bond acceptors (Lipinski definition) is 1. The van der Waals surface area contributed by atoms with E-state index in [2.05, 4.69) is 6.92 Å². The van der Waals surface area contributed by atoms with Gasteiger partial charge in [-0.05, 0) is 30.7 Å². The largest absolute Gasteiger partial charge is 0.477 e. The molecule has 0 unspecified atom stereocenters. The monoisotopic (exact) mass is 227 g/mol. The second-order valence-corrected chi connectivity index (χ2v) is 4.77. The van der Waals surface area contributed by atoms with Gasteiger partial charge in [-0.3, -0.25) is 0 Å². The molecule has 0 saturated heterocycles. The maximum Gasteiger partial charge on any atom is 0.352 e. The molecular weight excluding hydrogens is 214 g/mol. The Kier molecular flexibility index (Phi) is 2.51. The minimum absolute atomic E-state index is 0.291. The van der Waals surface area contributed by atoms with Crippen molar-refractivity contribution in [1.29, 1.82) is 0 Å². The standard InChI is InChI=1S/C11H14ClNO2/c1-2-11(3-4-11)7-13-6-8(12)5-9(13)10(14)15/h5-6H,2-4,7H2,1H3,(H,14,15). The maximum atomic E-state index is 11.0. The van der Waals surface area contributed by atoms with Crippen LogP contribution >= 0.6 is 11.6 Å². The number of halogens is 1. The van der Waals surface area contributed by atoms with Crippen molar-refractivity contribution in [2.24, 2.45) is 5.41 Å². The van der Waals surface area contributed by atoms with Gasteiger partial charge in [-0.25, -0.2) is 4.79 Å². The first-order chi connectivity index (χ1) is 7.06. The second-order valence-electron chi connectivity index (χ2n) is 4.33. The van der Waals surface area contributed by atoms with Gasteiger partial charge in [0, 0.05) is 12.7 Å². The number of carboxylic acids is 1. The Balaban J connectivity index is 2.24. The highest BCUT2D eigenvalue weighted by atomic mass is 35.5. The predicted octanol–water partition coefficient (Wildman–Crippen LogP) is 3.03. The summed E-state index contributed by atoms with van der Waals surface area (Å²) in [6, 6.07) is 1.51. The van der Waals surface area contributed by atoms with Crippen LogP contribution in [0.2, 0.25) is 5.02 Å². The van der Waals surface area contributed by atoms with E-state index in [9.17, 15) is 4.79 Å². The number of carbonyl (C=O) groups is 1. The SMILES string of the molecule is CCC1(Cn2cc(Cl)cc2C(=O)O)CC1. The Hall–Kier alpha value is -0.960. The minimum Gasteiger partial charge on any atom is -0.477 e. The van der Waals surface area contributed by atoms with Crippen LogP contribution in [0.25, 0.3) is 0 Å². The molecule has 1 aliphatic carbocycles. The van der Waals surface area contributed by atoms with Crippen molar-refractivity contribution in [3.8, 4) is 0 Å². The molecule has 82 valence electrons. The highest BCUT2D eigenvalue weighted by Gasteiger charge is 2.41. The number of aromatic nitrogens is 1. The Morgan fingerprint density at radius 2 is 2.33 bits per heavy atom. The van der Waals surface area contributed by atoms with Crippen LogP contribution in [-0.2, 0) is 6.54 Å². The van der Waals surface area contributed by atoms with Crippen LogP contribution < -0.4 is 0 Å². The highest BCUT2D eigenvalue weighted by molar-refractivity contribution is 6.30. The zero-order valence-corrected chi connectivity index (χ0v) is 9.42. The number of nitrogens with zero attached hydrogens (tertiary/aromatic N) is 1. The first kappa shape index (κ1) is 10.6. The molecule has 0 amide bonds. The van der Waals surface area contributed by atoms with Crippen molar-refractivity contribution < 1.29 is 9.90 Å². The lowest BCUT2D eigenvalue weighted by Crippen LogP contribution is -2.14. The molecule has 1 saturated carbocycles. The van der Waals surface area contributed by atoms with Crippen molar-refractivity contribution in [3.63, 3.8) is 0 Å². The third-order valence-corrected chi connectivity index (χ3v) is 3.50. The van der Waals surface area contributed by atoms with E-state index in [1.165, 1.54) is 18.9 Å². The van der Waals surface area contributed by atoms with Gasteiger partial charge in [0.25, 0.3) is 0 Å². The highest BCUT2D eigenvalue weighted by Crippen LogP contribution is 2.50. The molecule has 3 nitrogen and oxygen atoms in total. The van der Waals surface area contributed by atoms with E-state index in [1.54, 1.807) is 10.8 Å². The van der Waals surface area contributed by atoms with E-state index in [0.29, 0.717) is 16.1 Å². The van der Waals surface area contributed by atoms with Gasteiger partial charge in [0.15, 0.2) is 0 Å². The van der Waals surface area contributed by atoms with Gasteiger partial charge in [0.1, 0.15) is 5.69 Å². The molecule has 2 rings (SSSR count). The molecular formula is C11H14ClNO2. The minimum atomic E-state index is -0.909. The Morgan fingerprint density at radius 3 is 2.80 bits per heavy atom. The van der Waals surface area contributed by atoms with Crippen LogP contribution in [-0.4, -0.2) is 15.6 Å². The number of carboxylic acid groups (broad SMARTS) is 1. The predicted molar refractivity (Wildman–Crippen MR) is 58.4 cm³/mol. The summed E-state index contributed by atoms with van der Waals surface area (Å²) in [6.45, 7) is 2.93. The van der Waals surface area contributed by atoms with Crippen LogP contribution in [0.4, 0.5) is 0 Å². The third-order valence-electron chi connectivity index (χ3n) is 3.30. The molecule has 1 heterocycles. The van der Waals surface area contributed by atoms with Crippen molar-refractivity contribution in [2.45, 2.75) is 32.7 Å². The van der Waals surface area contributed by atoms with Crippen LogP contribution in [0.15, 0.2) is 12.3 Å². The van der Waals surface area contributed by atoms with Gasteiger partial charge < -0.3 is 9.67 Å². The summed E-state index contributed by atoms with van der Waals surface area (Å²) >= 11 is 5.82. The van der Waals surface area contributed by atoms with Gasteiger partial charge in [0.2, 0.25) is 0 Å². The first-order valence-electron chi connectivity index (χ1n) is 5.15. The van der Waals surface area contributed by atoms with E-state index >= 15 is 0 Å². The van der Waals surface area contributed by atoms with Crippen LogP contribution in [0.5, 0.6) is 0 Å². The molecule has 1 fully saturated rings. The molecule has 0 spiro atoms. The molecule has 1 aromatic heterocycles.